The van der Waals surface area contributed by atoms with Gasteiger partial charge in [0, 0.05) is 23.9 Å². The zero-order chi connectivity index (χ0) is 11.1. The second kappa shape index (κ2) is 3.31. The maximum Gasteiger partial charge on any atom is 0.151 e. The van der Waals surface area contributed by atoms with Crippen molar-refractivity contribution in [1.82, 2.24) is 9.97 Å². The van der Waals surface area contributed by atoms with Crippen molar-refractivity contribution in [3.8, 4) is 0 Å². The molecule has 0 spiro atoms. The van der Waals surface area contributed by atoms with E-state index in [2.05, 4.69) is 9.97 Å². The predicted octanol–water partition coefficient (Wildman–Crippen LogP) is -0.0554. The molecule has 1 aromatic rings. The van der Waals surface area contributed by atoms with E-state index in [-0.39, 0.29) is 16.9 Å². The van der Waals surface area contributed by atoms with E-state index in [1.165, 1.54) is 0 Å². The van der Waals surface area contributed by atoms with Gasteiger partial charge in [-0.1, -0.05) is 6.92 Å². The lowest BCUT2D eigenvalue weighted by Crippen LogP contribution is -2.25. The van der Waals surface area contributed by atoms with Gasteiger partial charge in [0.15, 0.2) is 9.84 Å². The van der Waals surface area contributed by atoms with E-state index < -0.39 is 9.84 Å². The van der Waals surface area contributed by atoms with Crippen LogP contribution in [0.15, 0.2) is 6.20 Å². The second-order valence-electron chi connectivity index (χ2n) is 4.36. The predicted molar refractivity (Wildman–Crippen MR) is 57.1 cm³/mol. The molecule has 0 radical (unpaired) electrons. The van der Waals surface area contributed by atoms with Gasteiger partial charge in [-0.15, -0.1) is 0 Å². The van der Waals surface area contributed by atoms with Gasteiger partial charge in [-0.05, 0) is 6.42 Å². The first-order valence-electron chi connectivity index (χ1n) is 4.90. The Balaban J connectivity index is 2.31. The van der Waals surface area contributed by atoms with Crippen molar-refractivity contribution >= 4 is 9.84 Å². The minimum atomic E-state index is -2.89. The highest BCUT2D eigenvalue weighted by Gasteiger charge is 2.41. The summed E-state index contributed by atoms with van der Waals surface area (Å²) in [6, 6.07) is 0. The average molecular weight is 229 g/mol. The molecule has 1 aromatic heterocycles. The van der Waals surface area contributed by atoms with Gasteiger partial charge < -0.3 is 10.7 Å². The van der Waals surface area contributed by atoms with E-state index in [0.717, 1.165) is 11.5 Å². The van der Waals surface area contributed by atoms with E-state index in [1.807, 2.05) is 6.92 Å². The molecule has 1 unspecified atom stereocenters. The third kappa shape index (κ3) is 1.91. The molecule has 1 aliphatic rings. The first-order chi connectivity index (χ1) is 6.95. The maximum absolute atomic E-state index is 11.4. The molecule has 0 amide bonds. The zero-order valence-electron chi connectivity index (χ0n) is 8.66. The van der Waals surface area contributed by atoms with Crippen molar-refractivity contribution in [2.24, 2.45) is 5.73 Å². The van der Waals surface area contributed by atoms with E-state index in [9.17, 15) is 8.42 Å². The molecule has 2 heterocycles. The Morgan fingerprint density at radius 3 is 2.87 bits per heavy atom. The number of aromatic nitrogens is 2. The number of nitrogens with one attached hydrogen (secondary N) is 1. The van der Waals surface area contributed by atoms with Crippen molar-refractivity contribution in [2.75, 3.05) is 11.5 Å². The van der Waals surface area contributed by atoms with Crippen molar-refractivity contribution in [2.45, 2.75) is 25.3 Å². The minimum absolute atomic E-state index is 0.178. The Morgan fingerprint density at radius 2 is 2.40 bits per heavy atom. The van der Waals surface area contributed by atoms with Crippen LogP contribution in [0.5, 0.6) is 0 Å². The van der Waals surface area contributed by atoms with Crippen LogP contribution in [0.25, 0.3) is 0 Å². The van der Waals surface area contributed by atoms with Crippen LogP contribution in [-0.2, 0) is 21.8 Å². The maximum atomic E-state index is 11.4. The molecule has 0 saturated carbocycles. The van der Waals surface area contributed by atoms with E-state index in [1.54, 1.807) is 6.20 Å². The summed E-state index contributed by atoms with van der Waals surface area (Å²) in [6.07, 6.45) is 2.30. The number of nitrogens with two attached hydrogens (primary N) is 1. The van der Waals surface area contributed by atoms with Gasteiger partial charge in [0.25, 0.3) is 0 Å². The van der Waals surface area contributed by atoms with Crippen molar-refractivity contribution in [1.29, 1.82) is 0 Å². The summed E-state index contributed by atoms with van der Waals surface area (Å²) in [7, 11) is -2.89. The summed E-state index contributed by atoms with van der Waals surface area (Å²) in [5, 5.41) is 0. The largest absolute Gasteiger partial charge is 0.344 e. The standard InChI is InChI=1S/C9H15N3O2S/c1-9(2-3-15(13,14)6-9)8-11-5-7(4-10)12-8/h5H,2-4,6,10H2,1H3,(H,11,12). The third-order valence-electron chi connectivity index (χ3n) is 2.92. The SMILES string of the molecule is CC1(c2ncc(CN)[nH]2)CCS(=O)(=O)C1. The van der Waals surface area contributed by atoms with E-state index in [0.29, 0.717) is 13.0 Å². The molecule has 0 aliphatic carbocycles. The minimum Gasteiger partial charge on any atom is -0.344 e. The van der Waals surface area contributed by atoms with Crippen LogP contribution in [0.2, 0.25) is 0 Å². The smallest absolute Gasteiger partial charge is 0.151 e. The van der Waals surface area contributed by atoms with Crippen LogP contribution in [0, 0.1) is 0 Å². The van der Waals surface area contributed by atoms with Crippen LogP contribution in [0.3, 0.4) is 0 Å². The lowest BCUT2D eigenvalue weighted by atomic mass is 9.89. The number of imidazole rings is 1. The molecule has 5 nitrogen and oxygen atoms in total. The summed E-state index contributed by atoms with van der Waals surface area (Å²) < 4.78 is 22.9. The molecule has 1 atom stereocenters. The number of H-pyrrole nitrogens is 1. The molecule has 0 aromatic carbocycles. The number of sulfone groups is 1. The van der Waals surface area contributed by atoms with Crippen molar-refractivity contribution in [3.63, 3.8) is 0 Å². The van der Waals surface area contributed by atoms with Crippen LogP contribution >= 0.6 is 0 Å². The fraction of sp³-hybridized carbons (Fsp3) is 0.667. The summed E-state index contributed by atoms with van der Waals surface area (Å²) in [4.78, 5) is 7.29. The van der Waals surface area contributed by atoms with Gasteiger partial charge in [-0.25, -0.2) is 13.4 Å². The molecular formula is C9H15N3O2S. The Labute approximate surface area is 89.0 Å². The zero-order valence-corrected chi connectivity index (χ0v) is 9.47. The van der Waals surface area contributed by atoms with Gasteiger partial charge >= 0.3 is 0 Å². The number of hydrogen-bond donors (Lipinski definition) is 2. The molecule has 1 saturated heterocycles. The van der Waals surface area contributed by atoms with Gasteiger partial charge in [-0.3, -0.25) is 0 Å². The van der Waals surface area contributed by atoms with Crippen LogP contribution in [0.4, 0.5) is 0 Å². The topological polar surface area (TPSA) is 88.8 Å². The van der Waals surface area contributed by atoms with Gasteiger partial charge in [0.2, 0.25) is 0 Å². The fourth-order valence-corrected chi connectivity index (χ4v) is 4.12. The van der Waals surface area contributed by atoms with Gasteiger partial charge in [0.1, 0.15) is 5.82 Å². The molecular weight excluding hydrogens is 214 g/mol. The molecule has 1 fully saturated rings. The highest BCUT2D eigenvalue weighted by Crippen LogP contribution is 2.33. The Hall–Kier alpha value is -0.880. The Bertz CT molecular complexity index is 465. The Kier molecular flexibility index (Phi) is 2.35. The summed E-state index contributed by atoms with van der Waals surface area (Å²) in [6.45, 7) is 2.33. The lowest BCUT2D eigenvalue weighted by Gasteiger charge is -2.18. The molecule has 3 N–H and O–H groups in total. The van der Waals surface area contributed by atoms with Crippen LogP contribution < -0.4 is 5.73 Å². The van der Waals surface area contributed by atoms with E-state index in [4.69, 9.17) is 5.73 Å². The van der Waals surface area contributed by atoms with E-state index >= 15 is 0 Å². The molecule has 0 bridgehead atoms. The fourth-order valence-electron chi connectivity index (χ4n) is 1.97. The number of nitrogens with zero attached hydrogens (tertiary/aromatic N) is 1. The van der Waals surface area contributed by atoms with Crippen molar-refractivity contribution in [3.05, 3.63) is 17.7 Å². The van der Waals surface area contributed by atoms with Gasteiger partial charge in [-0.2, -0.15) is 0 Å². The third-order valence-corrected chi connectivity index (χ3v) is 4.83. The number of aromatic amines is 1. The highest BCUT2D eigenvalue weighted by molar-refractivity contribution is 7.91. The first kappa shape index (κ1) is 10.6. The highest BCUT2D eigenvalue weighted by atomic mass is 32.2. The average Bonchev–Trinajstić information content (AvgIpc) is 2.71. The number of hydrogen-bond acceptors (Lipinski definition) is 4. The lowest BCUT2D eigenvalue weighted by molar-refractivity contribution is 0.505. The molecule has 84 valence electrons. The summed E-state index contributed by atoms with van der Waals surface area (Å²) in [5.74, 6) is 1.17. The molecule has 15 heavy (non-hydrogen) atoms. The quantitative estimate of drug-likeness (QED) is 0.743. The summed E-state index contributed by atoms with van der Waals surface area (Å²) in [5.41, 5.74) is 5.94. The number of rotatable bonds is 2. The monoisotopic (exact) mass is 229 g/mol. The summed E-state index contributed by atoms with van der Waals surface area (Å²) >= 11 is 0. The molecule has 1 aliphatic heterocycles. The molecule has 2 rings (SSSR count). The Morgan fingerprint density at radius 1 is 1.67 bits per heavy atom. The second-order valence-corrected chi connectivity index (χ2v) is 6.55. The molecule has 6 heteroatoms. The normalized spacial score (nSPS) is 29.5. The van der Waals surface area contributed by atoms with Crippen molar-refractivity contribution < 1.29 is 8.42 Å². The van der Waals surface area contributed by atoms with Gasteiger partial charge in [0.05, 0.1) is 11.5 Å². The van der Waals surface area contributed by atoms with Crippen LogP contribution in [-0.4, -0.2) is 29.9 Å². The first-order valence-corrected chi connectivity index (χ1v) is 6.72. The van der Waals surface area contributed by atoms with Crippen LogP contribution in [0.1, 0.15) is 24.9 Å².